The third-order valence-corrected chi connectivity index (χ3v) is 5.31. The number of nitrogens with zero attached hydrogens (tertiary/aromatic N) is 3. The smallest absolute Gasteiger partial charge is 0.341 e. The number of benzene rings is 1. The lowest BCUT2D eigenvalue weighted by Gasteiger charge is -2.33. The van der Waals surface area contributed by atoms with Crippen LogP contribution in [0, 0.1) is 5.92 Å². The number of aromatic nitrogens is 2. The van der Waals surface area contributed by atoms with Gasteiger partial charge in [-0.05, 0) is 37.2 Å². The van der Waals surface area contributed by atoms with Gasteiger partial charge in [-0.25, -0.2) is 4.79 Å². The molecule has 1 saturated carbocycles. The molecule has 0 N–H and O–H groups in total. The maximum atomic E-state index is 12.3. The normalized spacial score (nSPS) is 19.5. The molecule has 2 aromatic rings. The van der Waals surface area contributed by atoms with Gasteiger partial charge in [-0.1, -0.05) is 37.3 Å². The van der Waals surface area contributed by atoms with Crippen LogP contribution in [0.5, 0.6) is 0 Å². The Labute approximate surface area is 160 Å². The van der Waals surface area contributed by atoms with Crippen molar-refractivity contribution in [1.82, 2.24) is 14.7 Å². The van der Waals surface area contributed by atoms with Gasteiger partial charge in [0.25, 0.3) is 5.91 Å². The highest BCUT2D eigenvalue weighted by molar-refractivity contribution is 5.90. The second kappa shape index (κ2) is 8.84. The predicted molar refractivity (Wildman–Crippen MR) is 102 cm³/mol. The Balaban J connectivity index is 1.48. The molecule has 0 atom stereocenters. The van der Waals surface area contributed by atoms with Gasteiger partial charge in [-0.2, -0.15) is 5.10 Å². The Bertz CT molecular complexity index is 764. The number of rotatable bonds is 6. The quantitative estimate of drug-likeness (QED) is 0.734. The average molecular weight is 369 g/mol. The van der Waals surface area contributed by atoms with Gasteiger partial charge in [0.05, 0.1) is 18.3 Å². The van der Waals surface area contributed by atoms with Crippen molar-refractivity contribution in [3.05, 3.63) is 53.9 Å². The fourth-order valence-electron chi connectivity index (χ4n) is 3.47. The van der Waals surface area contributed by atoms with E-state index in [0.29, 0.717) is 12.1 Å². The molecule has 1 fully saturated rings. The van der Waals surface area contributed by atoms with Gasteiger partial charge >= 0.3 is 5.97 Å². The fourth-order valence-corrected chi connectivity index (χ4v) is 3.47. The number of esters is 1. The lowest BCUT2D eigenvalue weighted by molar-refractivity contribution is -0.136. The van der Waals surface area contributed by atoms with Crippen LogP contribution in [0.4, 0.5) is 0 Å². The highest BCUT2D eigenvalue weighted by atomic mass is 16.5. The van der Waals surface area contributed by atoms with Crippen molar-refractivity contribution < 1.29 is 14.3 Å². The minimum Gasteiger partial charge on any atom is -0.452 e. The summed E-state index contributed by atoms with van der Waals surface area (Å²) in [7, 11) is 1.80. The molecule has 3 rings (SSSR count). The molecule has 0 unspecified atom stereocenters. The molecule has 1 aromatic carbocycles. The van der Waals surface area contributed by atoms with E-state index in [-0.39, 0.29) is 18.6 Å². The van der Waals surface area contributed by atoms with Crippen molar-refractivity contribution in [2.75, 3.05) is 13.7 Å². The molecule has 1 aliphatic rings. The van der Waals surface area contributed by atoms with Crippen LogP contribution in [0.2, 0.25) is 0 Å². The SMILES string of the molecule is CC1CCC(N(C)C(=O)COC(=O)c2cnn(Cc3ccccc3)c2)CC1. The van der Waals surface area contributed by atoms with Crippen LogP contribution in [0.25, 0.3) is 0 Å². The number of carbonyl (C=O) groups excluding carboxylic acids is 2. The van der Waals surface area contributed by atoms with Crippen molar-refractivity contribution in [2.24, 2.45) is 5.92 Å². The van der Waals surface area contributed by atoms with E-state index in [0.717, 1.165) is 37.2 Å². The van der Waals surface area contributed by atoms with Crippen LogP contribution in [0.3, 0.4) is 0 Å². The molecular weight excluding hydrogens is 342 g/mol. The monoisotopic (exact) mass is 369 g/mol. The van der Waals surface area contributed by atoms with Crippen LogP contribution >= 0.6 is 0 Å². The number of hydrogen-bond acceptors (Lipinski definition) is 4. The van der Waals surface area contributed by atoms with E-state index in [9.17, 15) is 9.59 Å². The molecule has 0 radical (unpaired) electrons. The minimum atomic E-state index is -0.520. The zero-order valence-electron chi connectivity index (χ0n) is 16.0. The van der Waals surface area contributed by atoms with Crippen LogP contribution in [0.1, 0.15) is 48.5 Å². The lowest BCUT2D eigenvalue weighted by atomic mass is 9.87. The number of hydrogen-bond donors (Lipinski definition) is 0. The molecular formula is C21H27N3O3. The van der Waals surface area contributed by atoms with E-state index < -0.39 is 5.97 Å². The summed E-state index contributed by atoms with van der Waals surface area (Å²) in [5.74, 6) is 0.0583. The molecule has 1 amide bonds. The van der Waals surface area contributed by atoms with Gasteiger partial charge in [-0.15, -0.1) is 0 Å². The zero-order valence-corrected chi connectivity index (χ0v) is 16.0. The van der Waals surface area contributed by atoms with E-state index in [1.165, 1.54) is 6.20 Å². The maximum absolute atomic E-state index is 12.3. The Morgan fingerprint density at radius 3 is 2.59 bits per heavy atom. The lowest BCUT2D eigenvalue weighted by Crippen LogP contribution is -2.41. The number of ether oxygens (including phenoxy) is 1. The second-order valence-electron chi connectivity index (χ2n) is 7.41. The molecule has 0 saturated heterocycles. The van der Waals surface area contributed by atoms with Crippen molar-refractivity contribution in [2.45, 2.75) is 45.2 Å². The number of carbonyl (C=O) groups is 2. The minimum absolute atomic E-state index is 0.153. The van der Waals surface area contributed by atoms with Gasteiger partial charge in [0.2, 0.25) is 0 Å². The van der Waals surface area contributed by atoms with Crippen LogP contribution in [0.15, 0.2) is 42.7 Å². The Kier molecular flexibility index (Phi) is 6.27. The summed E-state index contributed by atoms with van der Waals surface area (Å²) in [4.78, 5) is 26.3. The molecule has 0 spiro atoms. The summed E-state index contributed by atoms with van der Waals surface area (Å²) in [5.41, 5.74) is 1.45. The molecule has 144 valence electrons. The van der Waals surface area contributed by atoms with Crippen molar-refractivity contribution >= 4 is 11.9 Å². The average Bonchev–Trinajstić information content (AvgIpc) is 3.15. The summed E-state index contributed by atoms with van der Waals surface area (Å²) in [5, 5.41) is 4.20. The maximum Gasteiger partial charge on any atom is 0.341 e. The summed E-state index contributed by atoms with van der Waals surface area (Å²) in [6.07, 6.45) is 7.44. The molecule has 1 heterocycles. The van der Waals surface area contributed by atoms with Gasteiger partial charge in [0, 0.05) is 19.3 Å². The molecule has 6 nitrogen and oxygen atoms in total. The molecule has 0 aliphatic heterocycles. The molecule has 6 heteroatoms. The Morgan fingerprint density at radius 2 is 1.89 bits per heavy atom. The van der Waals surface area contributed by atoms with E-state index >= 15 is 0 Å². The number of likely N-dealkylation sites (N-methyl/N-ethyl adjacent to an activating group) is 1. The van der Waals surface area contributed by atoms with Gasteiger partial charge in [0.1, 0.15) is 0 Å². The highest BCUT2D eigenvalue weighted by Crippen LogP contribution is 2.26. The van der Waals surface area contributed by atoms with Crippen LogP contribution in [-0.2, 0) is 16.1 Å². The van der Waals surface area contributed by atoms with Crippen molar-refractivity contribution in [3.8, 4) is 0 Å². The summed E-state index contributed by atoms with van der Waals surface area (Å²) in [6, 6.07) is 10.1. The predicted octanol–water partition coefficient (Wildman–Crippen LogP) is 3.13. The summed E-state index contributed by atoms with van der Waals surface area (Å²) < 4.78 is 6.89. The third-order valence-electron chi connectivity index (χ3n) is 5.31. The Morgan fingerprint density at radius 1 is 1.19 bits per heavy atom. The zero-order chi connectivity index (χ0) is 19.2. The fraction of sp³-hybridized carbons (Fsp3) is 0.476. The van der Waals surface area contributed by atoms with Gasteiger partial charge in [-0.3, -0.25) is 9.48 Å². The third kappa shape index (κ3) is 5.18. The van der Waals surface area contributed by atoms with Crippen LogP contribution < -0.4 is 0 Å². The van der Waals surface area contributed by atoms with E-state index in [1.54, 1.807) is 22.8 Å². The first-order valence-corrected chi connectivity index (χ1v) is 9.52. The topological polar surface area (TPSA) is 64.4 Å². The second-order valence-corrected chi connectivity index (χ2v) is 7.41. The highest BCUT2D eigenvalue weighted by Gasteiger charge is 2.25. The van der Waals surface area contributed by atoms with E-state index in [2.05, 4.69) is 12.0 Å². The molecule has 27 heavy (non-hydrogen) atoms. The van der Waals surface area contributed by atoms with Crippen molar-refractivity contribution in [1.29, 1.82) is 0 Å². The van der Waals surface area contributed by atoms with E-state index in [4.69, 9.17) is 4.74 Å². The number of amides is 1. The molecule has 1 aliphatic carbocycles. The molecule has 1 aromatic heterocycles. The van der Waals surface area contributed by atoms with Crippen molar-refractivity contribution in [3.63, 3.8) is 0 Å². The summed E-state index contributed by atoms with van der Waals surface area (Å²) in [6.45, 7) is 2.60. The summed E-state index contributed by atoms with van der Waals surface area (Å²) >= 11 is 0. The first-order chi connectivity index (χ1) is 13.0. The standard InChI is InChI=1S/C21H27N3O3/c1-16-8-10-19(11-9-16)23(2)20(25)15-27-21(26)18-12-22-24(14-18)13-17-6-4-3-5-7-17/h3-7,12,14,16,19H,8-11,13,15H2,1-2H3. The largest absolute Gasteiger partial charge is 0.452 e. The van der Waals surface area contributed by atoms with E-state index in [1.807, 2.05) is 30.3 Å². The van der Waals surface area contributed by atoms with Gasteiger partial charge < -0.3 is 9.64 Å². The van der Waals surface area contributed by atoms with Gasteiger partial charge in [0.15, 0.2) is 6.61 Å². The van der Waals surface area contributed by atoms with Crippen LogP contribution in [-0.4, -0.2) is 46.3 Å². The first kappa shape index (κ1) is 19.1. The molecule has 0 bridgehead atoms. The first-order valence-electron chi connectivity index (χ1n) is 9.52. The Hall–Kier alpha value is -2.63.